The van der Waals surface area contributed by atoms with E-state index in [1.807, 2.05) is 6.07 Å². The molecule has 1 aromatic carbocycles. The maximum atomic E-state index is 11.2. The van der Waals surface area contributed by atoms with Gasteiger partial charge in [-0.15, -0.1) is 0 Å². The van der Waals surface area contributed by atoms with Gasteiger partial charge in [0, 0.05) is 18.7 Å². The zero-order chi connectivity index (χ0) is 15.9. The van der Waals surface area contributed by atoms with Crippen LogP contribution in [0.4, 0.5) is 5.82 Å². The molecule has 0 bridgehead atoms. The molecule has 0 aliphatic carbocycles. The van der Waals surface area contributed by atoms with Gasteiger partial charge in [0.1, 0.15) is 11.9 Å². The number of methoxy groups -OCH3 is 1. The van der Waals surface area contributed by atoms with Crippen molar-refractivity contribution >= 4 is 15.7 Å². The summed E-state index contributed by atoms with van der Waals surface area (Å²) in [4.78, 5) is 0. The molecule has 3 rings (SSSR count). The predicted octanol–water partition coefficient (Wildman–Crippen LogP) is 0.854. The van der Waals surface area contributed by atoms with Crippen LogP contribution in [0.25, 0.3) is 11.3 Å². The molecule has 2 heterocycles. The Labute approximate surface area is 128 Å². The first-order valence-corrected chi connectivity index (χ1v) is 8.55. The molecule has 1 fully saturated rings. The van der Waals surface area contributed by atoms with Gasteiger partial charge in [-0.25, -0.2) is 8.42 Å². The number of anilines is 1. The molecule has 0 saturated carbocycles. The van der Waals surface area contributed by atoms with Gasteiger partial charge in [0.15, 0.2) is 21.3 Å². The summed E-state index contributed by atoms with van der Waals surface area (Å²) in [6.45, 7) is 0. The number of aromatic nitrogens is 2. The Balaban J connectivity index is 1.84. The average molecular weight is 323 g/mol. The number of hydrogen-bond acceptors (Lipinski definition) is 6. The number of hydrogen-bond donors (Lipinski definition) is 1. The minimum atomic E-state index is -2.92. The lowest BCUT2D eigenvalue weighted by Gasteiger charge is -2.27. The molecule has 118 valence electrons. The normalized spacial score (nSPS) is 17.0. The fraction of sp³-hybridized carbons (Fsp3) is 0.357. The standard InChI is InChI=1S/C14H17N3O4S/c1-17-14(15)6-11(16-17)9-3-4-12(13(5-9)20-2)21-10-7-22(18,19)8-10/h3-6,10H,7-8,15H2,1-2H3. The van der Waals surface area contributed by atoms with E-state index in [0.29, 0.717) is 17.3 Å². The first-order valence-electron chi connectivity index (χ1n) is 6.73. The smallest absolute Gasteiger partial charge is 0.161 e. The summed E-state index contributed by atoms with van der Waals surface area (Å²) >= 11 is 0. The van der Waals surface area contributed by atoms with Crippen molar-refractivity contribution in [1.82, 2.24) is 9.78 Å². The molecular formula is C14H17N3O4S. The van der Waals surface area contributed by atoms with Crippen molar-refractivity contribution in [2.45, 2.75) is 6.10 Å². The summed E-state index contributed by atoms with van der Waals surface area (Å²) in [5.74, 6) is 1.72. The van der Waals surface area contributed by atoms with E-state index in [9.17, 15) is 8.42 Å². The molecule has 0 radical (unpaired) electrons. The van der Waals surface area contributed by atoms with E-state index >= 15 is 0 Å². The lowest BCUT2D eigenvalue weighted by Crippen LogP contribution is -2.45. The number of nitrogen functional groups attached to an aromatic ring is 1. The predicted molar refractivity (Wildman–Crippen MR) is 82.7 cm³/mol. The molecule has 1 aliphatic rings. The van der Waals surface area contributed by atoms with Crippen LogP contribution in [0, 0.1) is 0 Å². The topological polar surface area (TPSA) is 96.4 Å². The van der Waals surface area contributed by atoms with Crippen molar-refractivity contribution in [2.24, 2.45) is 7.05 Å². The Kier molecular flexibility index (Phi) is 3.48. The van der Waals surface area contributed by atoms with Crippen LogP contribution in [0.2, 0.25) is 0 Å². The van der Waals surface area contributed by atoms with Gasteiger partial charge in [-0.05, 0) is 18.2 Å². The van der Waals surface area contributed by atoms with Gasteiger partial charge >= 0.3 is 0 Å². The van der Waals surface area contributed by atoms with Crippen molar-refractivity contribution in [2.75, 3.05) is 24.3 Å². The molecule has 8 heteroatoms. The highest BCUT2D eigenvalue weighted by Crippen LogP contribution is 2.34. The maximum absolute atomic E-state index is 11.2. The summed E-state index contributed by atoms with van der Waals surface area (Å²) in [6.07, 6.45) is -0.310. The summed E-state index contributed by atoms with van der Waals surface area (Å²) in [5, 5.41) is 4.31. The first-order chi connectivity index (χ1) is 10.4. The molecule has 0 spiro atoms. The third-order valence-corrected chi connectivity index (χ3v) is 5.31. The number of benzene rings is 1. The molecule has 1 aliphatic heterocycles. The van der Waals surface area contributed by atoms with Gasteiger partial charge in [-0.1, -0.05) is 0 Å². The summed E-state index contributed by atoms with van der Waals surface area (Å²) in [6, 6.07) is 7.16. The Morgan fingerprint density at radius 2 is 2.00 bits per heavy atom. The molecule has 0 atom stereocenters. The summed E-state index contributed by atoms with van der Waals surface area (Å²) < 4.78 is 35.0. The Morgan fingerprint density at radius 1 is 1.27 bits per heavy atom. The van der Waals surface area contributed by atoms with Crippen molar-refractivity contribution < 1.29 is 17.9 Å². The zero-order valence-electron chi connectivity index (χ0n) is 12.3. The second-order valence-electron chi connectivity index (χ2n) is 5.26. The van der Waals surface area contributed by atoms with E-state index in [1.165, 1.54) is 7.11 Å². The van der Waals surface area contributed by atoms with Gasteiger partial charge in [-0.3, -0.25) is 4.68 Å². The van der Waals surface area contributed by atoms with Gasteiger partial charge < -0.3 is 15.2 Å². The van der Waals surface area contributed by atoms with Crippen LogP contribution < -0.4 is 15.2 Å². The molecule has 22 heavy (non-hydrogen) atoms. The highest BCUT2D eigenvalue weighted by molar-refractivity contribution is 7.92. The molecule has 2 N–H and O–H groups in total. The minimum Gasteiger partial charge on any atom is -0.493 e. The molecule has 7 nitrogen and oxygen atoms in total. The van der Waals surface area contributed by atoms with Gasteiger partial charge in [0.25, 0.3) is 0 Å². The van der Waals surface area contributed by atoms with E-state index in [1.54, 1.807) is 29.9 Å². The van der Waals surface area contributed by atoms with E-state index in [4.69, 9.17) is 15.2 Å². The number of nitrogens with two attached hydrogens (primary N) is 1. The molecular weight excluding hydrogens is 306 g/mol. The second kappa shape index (κ2) is 5.20. The van der Waals surface area contributed by atoms with Gasteiger partial charge in [-0.2, -0.15) is 5.10 Å². The molecule has 1 aromatic heterocycles. The van der Waals surface area contributed by atoms with E-state index in [2.05, 4.69) is 5.10 Å². The van der Waals surface area contributed by atoms with Crippen LogP contribution in [0.15, 0.2) is 24.3 Å². The number of nitrogens with zero attached hydrogens (tertiary/aromatic N) is 2. The number of ether oxygens (including phenoxy) is 2. The van der Waals surface area contributed by atoms with Crippen molar-refractivity contribution in [1.29, 1.82) is 0 Å². The fourth-order valence-corrected chi connectivity index (χ4v) is 3.48. The first kappa shape index (κ1) is 14.7. The van der Waals surface area contributed by atoms with Gasteiger partial charge in [0.2, 0.25) is 0 Å². The highest BCUT2D eigenvalue weighted by Gasteiger charge is 2.35. The van der Waals surface area contributed by atoms with Crippen LogP contribution in [-0.2, 0) is 16.9 Å². The van der Waals surface area contributed by atoms with Crippen LogP contribution in [0.5, 0.6) is 11.5 Å². The van der Waals surface area contributed by atoms with Crippen LogP contribution in [-0.4, -0.2) is 42.9 Å². The molecule has 0 unspecified atom stereocenters. The average Bonchev–Trinajstić information content (AvgIpc) is 2.77. The Morgan fingerprint density at radius 3 is 2.55 bits per heavy atom. The molecule has 0 amide bonds. The SMILES string of the molecule is COc1cc(-c2cc(N)n(C)n2)ccc1OC1CS(=O)(=O)C1. The summed E-state index contributed by atoms with van der Waals surface area (Å²) in [5.41, 5.74) is 7.36. The molecule has 1 saturated heterocycles. The van der Waals surface area contributed by atoms with Crippen LogP contribution in [0.3, 0.4) is 0 Å². The third kappa shape index (κ3) is 2.74. The van der Waals surface area contributed by atoms with Crippen LogP contribution >= 0.6 is 0 Å². The fourth-order valence-electron chi connectivity index (χ4n) is 2.31. The lowest BCUT2D eigenvalue weighted by atomic mass is 10.1. The largest absolute Gasteiger partial charge is 0.493 e. The number of aryl methyl sites for hydroxylation is 1. The Bertz CT molecular complexity index is 782. The third-order valence-electron chi connectivity index (χ3n) is 3.55. The van der Waals surface area contributed by atoms with E-state index in [0.717, 1.165) is 11.3 Å². The summed E-state index contributed by atoms with van der Waals surface area (Å²) in [7, 11) is 0.390. The minimum absolute atomic E-state index is 0.0503. The number of sulfone groups is 1. The second-order valence-corrected chi connectivity index (χ2v) is 7.41. The highest BCUT2D eigenvalue weighted by atomic mass is 32.2. The van der Waals surface area contributed by atoms with Crippen molar-refractivity contribution in [3.8, 4) is 22.8 Å². The van der Waals surface area contributed by atoms with Gasteiger partial charge in [0.05, 0.1) is 24.3 Å². The van der Waals surface area contributed by atoms with E-state index in [-0.39, 0.29) is 17.6 Å². The molecule has 2 aromatic rings. The quantitative estimate of drug-likeness (QED) is 0.896. The van der Waals surface area contributed by atoms with Crippen LogP contribution in [0.1, 0.15) is 0 Å². The van der Waals surface area contributed by atoms with Crippen molar-refractivity contribution in [3.63, 3.8) is 0 Å². The monoisotopic (exact) mass is 323 g/mol. The lowest BCUT2D eigenvalue weighted by molar-refractivity contribution is 0.219. The zero-order valence-corrected chi connectivity index (χ0v) is 13.1. The Hall–Kier alpha value is -2.22. The number of rotatable bonds is 4. The van der Waals surface area contributed by atoms with E-state index < -0.39 is 9.84 Å². The maximum Gasteiger partial charge on any atom is 0.161 e. The van der Waals surface area contributed by atoms with Crippen molar-refractivity contribution in [3.05, 3.63) is 24.3 Å².